The number of anilines is 2. The summed E-state index contributed by atoms with van der Waals surface area (Å²) in [6.45, 7) is 0. The molecule has 0 atom stereocenters. The summed E-state index contributed by atoms with van der Waals surface area (Å²) in [4.78, 5) is 4.41. The number of para-hydroxylation sites is 2. The highest BCUT2D eigenvalue weighted by molar-refractivity contribution is 7.80. The minimum absolute atomic E-state index is 0.453. The fourth-order valence-electron chi connectivity index (χ4n) is 3.30. The van der Waals surface area contributed by atoms with E-state index in [4.69, 9.17) is 31.2 Å². The number of thiocarbonyl (C=S) groups is 1. The molecule has 4 aromatic rings. The molecule has 3 aromatic carbocycles. The van der Waals surface area contributed by atoms with Crippen LogP contribution in [0.3, 0.4) is 0 Å². The van der Waals surface area contributed by atoms with Crippen LogP contribution in [-0.2, 0) is 0 Å². The standard InChI is InChI=1S/C25H23N3O4S/c1-29-22-7-5-4-6-19(22)28-25(33)27-16-8-10-17(11-9-16)32-21-12-13-26-20-15-24(31-3)23(30-2)14-18(20)21/h4-15H,1-3H3,(H2,27,28,33). The third-order valence-corrected chi connectivity index (χ3v) is 5.11. The molecule has 0 saturated heterocycles. The molecule has 0 aliphatic carbocycles. The zero-order valence-corrected chi connectivity index (χ0v) is 19.2. The second-order valence-electron chi connectivity index (χ2n) is 6.94. The summed E-state index contributed by atoms with van der Waals surface area (Å²) in [5.74, 6) is 3.27. The van der Waals surface area contributed by atoms with Gasteiger partial charge in [0.1, 0.15) is 17.2 Å². The third kappa shape index (κ3) is 5.07. The van der Waals surface area contributed by atoms with E-state index in [0.29, 0.717) is 33.9 Å². The first-order valence-electron chi connectivity index (χ1n) is 10.1. The number of nitrogens with zero attached hydrogens (tertiary/aromatic N) is 1. The molecule has 0 bridgehead atoms. The normalized spacial score (nSPS) is 10.4. The van der Waals surface area contributed by atoms with Crippen LogP contribution in [0.25, 0.3) is 10.9 Å². The molecule has 0 saturated carbocycles. The third-order valence-electron chi connectivity index (χ3n) is 4.90. The first-order chi connectivity index (χ1) is 16.1. The molecular weight excluding hydrogens is 438 g/mol. The van der Waals surface area contributed by atoms with Gasteiger partial charge in [0.25, 0.3) is 0 Å². The average molecular weight is 462 g/mol. The lowest BCUT2D eigenvalue weighted by molar-refractivity contribution is 0.355. The van der Waals surface area contributed by atoms with Crippen molar-refractivity contribution in [2.45, 2.75) is 0 Å². The molecule has 0 spiro atoms. The highest BCUT2D eigenvalue weighted by atomic mass is 32.1. The van der Waals surface area contributed by atoms with Crippen LogP contribution >= 0.6 is 12.2 Å². The fourth-order valence-corrected chi connectivity index (χ4v) is 3.53. The minimum atomic E-state index is 0.453. The van der Waals surface area contributed by atoms with Crippen LogP contribution in [0.5, 0.6) is 28.7 Å². The Kier molecular flexibility index (Phi) is 6.75. The van der Waals surface area contributed by atoms with E-state index in [1.807, 2.05) is 66.7 Å². The smallest absolute Gasteiger partial charge is 0.175 e. The summed E-state index contributed by atoms with van der Waals surface area (Å²) in [5.41, 5.74) is 2.35. The number of hydrogen-bond acceptors (Lipinski definition) is 6. The van der Waals surface area contributed by atoms with Gasteiger partial charge in [-0.1, -0.05) is 12.1 Å². The van der Waals surface area contributed by atoms with Gasteiger partial charge in [-0.15, -0.1) is 0 Å². The van der Waals surface area contributed by atoms with Gasteiger partial charge in [0.05, 0.1) is 32.5 Å². The Labute approximate surface area is 197 Å². The molecule has 0 aliphatic heterocycles. The van der Waals surface area contributed by atoms with Crippen molar-refractivity contribution in [3.05, 3.63) is 72.9 Å². The Morgan fingerprint density at radius 1 is 0.758 bits per heavy atom. The van der Waals surface area contributed by atoms with Gasteiger partial charge < -0.3 is 29.6 Å². The molecular formula is C25H23N3O4S. The van der Waals surface area contributed by atoms with E-state index in [-0.39, 0.29) is 0 Å². The Morgan fingerprint density at radius 3 is 2.18 bits per heavy atom. The van der Waals surface area contributed by atoms with Crippen LogP contribution < -0.4 is 29.6 Å². The Balaban J connectivity index is 1.48. The van der Waals surface area contributed by atoms with Crippen LogP contribution in [0.2, 0.25) is 0 Å². The topological polar surface area (TPSA) is 73.9 Å². The highest BCUT2D eigenvalue weighted by Crippen LogP contribution is 2.37. The molecule has 0 fully saturated rings. The number of aromatic nitrogens is 1. The lowest BCUT2D eigenvalue weighted by Crippen LogP contribution is -2.19. The van der Waals surface area contributed by atoms with E-state index >= 15 is 0 Å². The second kappa shape index (κ2) is 10.1. The van der Waals surface area contributed by atoms with E-state index in [9.17, 15) is 0 Å². The van der Waals surface area contributed by atoms with E-state index < -0.39 is 0 Å². The number of ether oxygens (including phenoxy) is 4. The second-order valence-corrected chi connectivity index (χ2v) is 7.35. The molecule has 1 aromatic heterocycles. The van der Waals surface area contributed by atoms with Gasteiger partial charge in [-0.05, 0) is 60.7 Å². The number of pyridine rings is 1. The Hall–Kier alpha value is -4.04. The fraction of sp³-hybridized carbons (Fsp3) is 0.120. The van der Waals surface area contributed by atoms with E-state index in [2.05, 4.69) is 15.6 Å². The van der Waals surface area contributed by atoms with Crippen LogP contribution in [0.15, 0.2) is 72.9 Å². The maximum atomic E-state index is 6.12. The first kappa shape index (κ1) is 22.2. The van der Waals surface area contributed by atoms with Crippen molar-refractivity contribution in [1.29, 1.82) is 0 Å². The molecule has 8 heteroatoms. The van der Waals surface area contributed by atoms with Crippen molar-refractivity contribution in [3.63, 3.8) is 0 Å². The van der Waals surface area contributed by atoms with Crippen molar-refractivity contribution < 1.29 is 18.9 Å². The zero-order chi connectivity index (χ0) is 23.2. The summed E-state index contributed by atoms with van der Waals surface area (Å²) < 4.78 is 22.2. The molecule has 33 heavy (non-hydrogen) atoms. The van der Waals surface area contributed by atoms with Crippen molar-refractivity contribution in [2.24, 2.45) is 0 Å². The number of methoxy groups -OCH3 is 3. The molecule has 0 amide bonds. The van der Waals surface area contributed by atoms with Gasteiger partial charge in [-0.2, -0.15) is 0 Å². The molecule has 0 unspecified atom stereocenters. The van der Waals surface area contributed by atoms with Gasteiger partial charge in [0, 0.05) is 23.3 Å². The number of hydrogen-bond donors (Lipinski definition) is 2. The summed E-state index contributed by atoms with van der Waals surface area (Å²) in [5, 5.41) is 7.57. The lowest BCUT2D eigenvalue weighted by Gasteiger charge is -2.14. The van der Waals surface area contributed by atoms with Gasteiger partial charge in [-0.3, -0.25) is 4.98 Å². The molecule has 168 valence electrons. The molecule has 0 radical (unpaired) electrons. The van der Waals surface area contributed by atoms with Crippen molar-refractivity contribution in [1.82, 2.24) is 4.98 Å². The molecule has 2 N–H and O–H groups in total. The van der Waals surface area contributed by atoms with Gasteiger partial charge in [-0.25, -0.2) is 0 Å². The van der Waals surface area contributed by atoms with Crippen molar-refractivity contribution in [2.75, 3.05) is 32.0 Å². The van der Waals surface area contributed by atoms with Crippen molar-refractivity contribution >= 4 is 39.6 Å². The predicted octanol–water partition coefficient (Wildman–Crippen LogP) is 5.86. The predicted molar refractivity (Wildman–Crippen MR) is 134 cm³/mol. The SMILES string of the molecule is COc1ccccc1NC(=S)Nc1ccc(Oc2ccnc3cc(OC)c(OC)cc23)cc1. The number of rotatable bonds is 7. The molecule has 7 nitrogen and oxygen atoms in total. The molecule has 4 rings (SSSR count). The minimum Gasteiger partial charge on any atom is -0.495 e. The Bertz CT molecular complexity index is 1280. The average Bonchev–Trinajstić information content (AvgIpc) is 2.84. The molecule has 0 aliphatic rings. The summed E-state index contributed by atoms with van der Waals surface area (Å²) in [7, 11) is 4.81. The monoisotopic (exact) mass is 461 g/mol. The lowest BCUT2D eigenvalue weighted by atomic mass is 10.2. The zero-order valence-electron chi connectivity index (χ0n) is 18.4. The van der Waals surface area contributed by atoms with Crippen LogP contribution in [0.4, 0.5) is 11.4 Å². The van der Waals surface area contributed by atoms with Crippen LogP contribution in [0.1, 0.15) is 0 Å². The number of fused-ring (bicyclic) bond motifs is 1. The van der Waals surface area contributed by atoms with Gasteiger partial charge >= 0.3 is 0 Å². The van der Waals surface area contributed by atoms with Crippen LogP contribution in [-0.4, -0.2) is 31.4 Å². The van der Waals surface area contributed by atoms with E-state index in [0.717, 1.165) is 22.3 Å². The summed E-state index contributed by atoms with van der Waals surface area (Å²) in [6.07, 6.45) is 1.70. The van der Waals surface area contributed by atoms with Gasteiger partial charge in [0.15, 0.2) is 16.6 Å². The van der Waals surface area contributed by atoms with E-state index in [1.165, 1.54) is 0 Å². The number of nitrogens with one attached hydrogen (secondary N) is 2. The maximum absolute atomic E-state index is 6.12. The van der Waals surface area contributed by atoms with Crippen molar-refractivity contribution in [3.8, 4) is 28.7 Å². The largest absolute Gasteiger partial charge is 0.495 e. The number of benzene rings is 3. The van der Waals surface area contributed by atoms with Gasteiger partial charge in [0.2, 0.25) is 0 Å². The quantitative estimate of drug-likeness (QED) is 0.332. The molecule has 1 heterocycles. The Morgan fingerprint density at radius 2 is 1.45 bits per heavy atom. The van der Waals surface area contributed by atoms with E-state index in [1.54, 1.807) is 27.5 Å². The maximum Gasteiger partial charge on any atom is 0.175 e. The van der Waals surface area contributed by atoms with Crippen LogP contribution in [0, 0.1) is 0 Å². The summed E-state index contributed by atoms with van der Waals surface area (Å²) >= 11 is 5.42. The first-order valence-corrected chi connectivity index (χ1v) is 10.5. The summed E-state index contributed by atoms with van der Waals surface area (Å²) in [6, 6.07) is 20.6. The highest BCUT2D eigenvalue weighted by Gasteiger charge is 2.11.